The molecule has 0 unspecified atom stereocenters. The Labute approximate surface area is 213 Å². The largest absolute Gasteiger partial charge is 0.506 e. The third-order valence-electron chi connectivity index (χ3n) is 6.47. The SMILES string of the molecule is O=c1c(C2=NS(=O)(=O)c3cc(OCc4ccccc4)ccc3N2)c(O)c2ccccc2n1NCC1CC1. The number of nitrogens with one attached hydrogen (secondary N) is 2. The number of hydrogen-bond acceptors (Lipinski definition) is 7. The molecular weight excluding hydrogens is 492 g/mol. The number of anilines is 1. The van der Waals surface area contributed by atoms with Crippen molar-refractivity contribution in [2.45, 2.75) is 24.3 Å². The van der Waals surface area contributed by atoms with Gasteiger partial charge in [-0.3, -0.25) is 4.79 Å². The van der Waals surface area contributed by atoms with Crippen molar-refractivity contribution in [1.82, 2.24) is 4.68 Å². The fourth-order valence-corrected chi connectivity index (χ4v) is 5.45. The molecule has 10 heteroatoms. The second-order valence-electron chi connectivity index (χ2n) is 9.16. The number of aromatic hydroxyl groups is 1. The molecule has 6 rings (SSSR count). The van der Waals surface area contributed by atoms with E-state index < -0.39 is 15.6 Å². The number of aromatic nitrogens is 1. The number of para-hydroxylation sites is 1. The highest BCUT2D eigenvalue weighted by molar-refractivity contribution is 7.90. The summed E-state index contributed by atoms with van der Waals surface area (Å²) in [6, 6.07) is 21.0. The third kappa shape index (κ3) is 4.40. The average Bonchev–Trinajstić information content (AvgIpc) is 3.72. The van der Waals surface area contributed by atoms with Gasteiger partial charge in [0.05, 0.1) is 11.2 Å². The number of nitrogens with zero attached hydrogens (tertiary/aromatic N) is 2. The van der Waals surface area contributed by atoms with Crippen molar-refractivity contribution in [3.63, 3.8) is 0 Å². The number of hydrogen-bond donors (Lipinski definition) is 3. The zero-order valence-electron chi connectivity index (χ0n) is 19.7. The number of rotatable bonds is 7. The van der Waals surface area contributed by atoms with Crippen LogP contribution in [0.2, 0.25) is 0 Å². The predicted molar refractivity (Wildman–Crippen MR) is 141 cm³/mol. The highest BCUT2D eigenvalue weighted by Crippen LogP contribution is 2.34. The molecule has 4 aromatic rings. The van der Waals surface area contributed by atoms with E-state index in [4.69, 9.17) is 4.74 Å². The van der Waals surface area contributed by atoms with Gasteiger partial charge in [-0.2, -0.15) is 8.42 Å². The molecule has 0 bridgehead atoms. The quantitative estimate of drug-likeness (QED) is 0.342. The Morgan fingerprint density at radius 1 is 1.05 bits per heavy atom. The van der Waals surface area contributed by atoms with Gasteiger partial charge in [0.25, 0.3) is 15.6 Å². The first-order chi connectivity index (χ1) is 17.9. The number of pyridine rings is 1. The lowest BCUT2D eigenvalue weighted by Crippen LogP contribution is -2.37. The molecule has 1 saturated carbocycles. The number of benzene rings is 3. The molecule has 3 N–H and O–H groups in total. The second kappa shape index (κ2) is 8.97. The van der Waals surface area contributed by atoms with Gasteiger partial charge in [-0.05, 0) is 48.6 Å². The van der Waals surface area contributed by atoms with Crippen molar-refractivity contribution in [2.75, 3.05) is 17.3 Å². The highest BCUT2D eigenvalue weighted by atomic mass is 32.2. The van der Waals surface area contributed by atoms with Crippen LogP contribution in [0.25, 0.3) is 10.9 Å². The van der Waals surface area contributed by atoms with Gasteiger partial charge in [-0.25, -0.2) is 4.68 Å². The zero-order valence-corrected chi connectivity index (χ0v) is 20.5. The number of amidine groups is 1. The minimum absolute atomic E-state index is 0.0747. The second-order valence-corrected chi connectivity index (χ2v) is 10.7. The van der Waals surface area contributed by atoms with Crippen LogP contribution in [-0.2, 0) is 16.6 Å². The first kappa shape index (κ1) is 23.1. The van der Waals surface area contributed by atoms with Crippen LogP contribution in [0.15, 0.2) is 86.9 Å². The fourth-order valence-electron chi connectivity index (χ4n) is 4.32. The van der Waals surface area contributed by atoms with Crippen molar-refractivity contribution in [3.8, 4) is 11.5 Å². The van der Waals surface area contributed by atoms with Gasteiger partial charge in [-0.1, -0.05) is 42.5 Å². The third-order valence-corrected chi connectivity index (χ3v) is 7.79. The van der Waals surface area contributed by atoms with Crippen LogP contribution in [0.4, 0.5) is 5.69 Å². The summed E-state index contributed by atoms with van der Waals surface area (Å²) in [5, 5.41) is 14.4. The van der Waals surface area contributed by atoms with Crippen molar-refractivity contribution in [2.24, 2.45) is 10.3 Å². The smallest absolute Gasteiger partial charge is 0.286 e. The number of fused-ring (bicyclic) bond motifs is 2. The van der Waals surface area contributed by atoms with Gasteiger partial charge in [0.15, 0.2) is 5.84 Å². The lowest BCUT2D eigenvalue weighted by Gasteiger charge is -2.21. The summed E-state index contributed by atoms with van der Waals surface area (Å²) in [5.41, 5.74) is 4.01. The highest BCUT2D eigenvalue weighted by Gasteiger charge is 2.31. The van der Waals surface area contributed by atoms with E-state index in [0.717, 1.165) is 18.4 Å². The Kier molecular flexibility index (Phi) is 5.60. The lowest BCUT2D eigenvalue weighted by atomic mass is 10.1. The molecule has 2 aliphatic rings. The molecule has 2 heterocycles. The molecule has 1 aromatic heterocycles. The predicted octanol–water partition coefficient (Wildman–Crippen LogP) is 3.80. The maximum absolute atomic E-state index is 13.5. The molecule has 0 atom stereocenters. The van der Waals surface area contributed by atoms with Gasteiger partial charge in [-0.15, -0.1) is 4.40 Å². The molecule has 0 radical (unpaired) electrons. The molecule has 1 aliphatic carbocycles. The van der Waals surface area contributed by atoms with E-state index in [2.05, 4.69) is 15.1 Å². The molecule has 188 valence electrons. The van der Waals surface area contributed by atoms with Crippen LogP contribution < -0.4 is 21.0 Å². The zero-order chi connectivity index (χ0) is 25.6. The van der Waals surface area contributed by atoms with E-state index in [1.54, 1.807) is 36.4 Å². The van der Waals surface area contributed by atoms with Crippen LogP contribution in [0.1, 0.15) is 24.0 Å². The molecule has 9 nitrogen and oxygen atoms in total. The maximum Gasteiger partial charge on any atom is 0.286 e. The van der Waals surface area contributed by atoms with E-state index in [9.17, 15) is 18.3 Å². The van der Waals surface area contributed by atoms with Crippen LogP contribution in [0.5, 0.6) is 11.5 Å². The average molecular weight is 517 g/mol. The molecule has 1 aliphatic heterocycles. The Balaban J connectivity index is 1.38. The summed E-state index contributed by atoms with van der Waals surface area (Å²) in [7, 11) is -4.19. The topological polar surface area (TPSA) is 122 Å². The van der Waals surface area contributed by atoms with Gasteiger partial charge in [0.1, 0.15) is 28.6 Å². The van der Waals surface area contributed by atoms with Crippen molar-refractivity contribution in [1.29, 1.82) is 0 Å². The van der Waals surface area contributed by atoms with Gasteiger partial charge >= 0.3 is 0 Å². The van der Waals surface area contributed by atoms with E-state index in [1.165, 1.54) is 10.7 Å². The summed E-state index contributed by atoms with van der Waals surface area (Å²) in [5.74, 6) is 0.281. The summed E-state index contributed by atoms with van der Waals surface area (Å²) in [6.45, 7) is 0.876. The van der Waals surface area contributed by atoms with Crippen LogP contribution in [-0.4, -0.2) is 30.6 Å². The van der Waals surface area contributed by atoms with E-state index in [1.807, 2.05) is 30.3 Å². The number of sulfonamides is 1. The van der Waals surface area contributed by atoms with E-state index >= 15 is 0 Å². The summed E-state index contributed by atoms with van der Waals surface area (Å²) >= 11 is 0. The van der Waals surface area contributed by atoms with Crippen molar-refractivity contribution >= 4 is 32.4 Å². The fraction of sp³-hybridized carbons (Fsp3) is 0.185. The van der Waals surface area contributed by atoms with E-state index in [0.29, 0.717) is 29.1 Å². The Morgan fingerprint density at radius 2 is 1.81 bits per heavy atom. The van der Waals surface area contributed by atoms with Gasteiger partial charge in [0, 0.05) is 18.0 Å². The van der Waals surface area contributed by atoms with E-state index in [-0.39, 0.29) is 34.3 Å². The molecule has 1 fully saturated rings. The molecular formula is C27H24N4O5S. The summed E-state index contributed by atoms with van der Waals surface area (Å²) in [6.07, 6.45) is 2.18. The van der Waals surface area contributed by atoms with Gasteiger partial charge in [0.2, 0.25) is 0 Å². The van der Waals surface area contributed by atoms with Crippen molar-refractivity contribution < 1.29 is 18.3 Å². The normalized spacial score (nSPS) is 15.9. The van der Waals surface area contributed by atoms with Crippen LogP contribution in [0.3, 0.4) is 0 Å². The standard InChI is InChI=1S/C27H24N4O5S/c32-25-20-8-4-5-9-22(20)31(28-15-17-10-11-17)27(33)24(25)26-29-21-13-12-19(14-23(21)37(34,35)30-26)36-16-18-6-2-1-3-7-18/h1-9,12-14,17,28,32H,10-11,15-16H2,(H,29,30). The van der Waals surface area contributed by atoms with Crippen molar-refractivity contribution in [3.05, 3.63) is 94.3 Å². The summed E-state index contributed by atoms with van der Waals surface area (Å²) < 4.78 is 37.4. The molecule has 0 spiro atoms. The molecule has 0 amide bonds. The Bertz CT molecular complexity index is 1710. The minimum atomic E-state index is -4.19. The monoisotopic (exact) mass is 516 g/mol. The maximum atomic E-state index is 13.5. The molecule has 3 aromatic carbocycles. The first-order valence-electron chi connectivity index (χ1n) is 11.9. The first-order valence-corrected chi connectivity index (χ1v) is 13.4. The summed E-state index contributed by atoms with van der Waals surface area (Å²) in [4.78, 5) is 13.5. The number of ether oxygens (including phenoxy) is 1. The minimum Gasteiger partial charge on any atom is -0.506 e. The Hall–Kier alpha value is -4.31. The molecule has 37 heavy (non-hydrogen) atoms. The van der Waals surface area contributed by atoms with Crippen LogP contribution in [0, 0.1) is 5.92 Å². The van der Waals surface area contributed by atoms with Gasteiger partial charge < -0.3 is 20.6 Å². The lowest BCUT2D eigenvalue weighted by molar-refractivity contribution is 0.305. The van der Waals surface area contributed by atoms with Crippen LogP contribution >= 0.6 is 0 Å². The Morgan fingerprint density at radius 3 is 2.59 bits per heavy atom. The molecule has 0 saturated heterocycles.